The molecule has 0 fully saturated rings. The van der Waals surface area contributed by atoms with Gasteiger partial charge in [0.25, 0.3) is 0 Å². The Morgan fingerprint density at radius 3 is 2.50 bits per heavy atom. The van der Waals surface area contributed by atoms with E-state index in [1.807, 2.05) is 26.1 Å². The molecule has 0 aliphatic carbocycles. The fourth-order valence-corrected chi connectivity index (χ4v) is 0.964. The molecule has 2 nitrogen and oxygen atoms in total. The van der Waals surface area contributed by atoms with Crippen LogP contribution in [0.2, 0.25) is 0 Å². The Labute approximate surface area is 76.0 Å². The van der Waals surface area contributed by atoms with E-state index in [0.29, 0.717) is 12.0 Å². The predicted molar refractivity (Wildman–Crippen MR) is 53.3 cm³/mol. The summed E-state index contributed by atoms with van der Waals surface area (Å²) in [5, 5.41) is 3.13. The van der Waals surface area contributed by atoms with Crippen molar-refractivity contribution in [3.8, 4) is 0 Å². The van der Waals surface area contributed by atoms with Crippen LogP contribution in [0.4, 0.5) is 0 Å². The first-order valence-corrected chi connectivity index (χ1v) is 4.59. The van der Waals surface area contributed by atoms with Gasteiger partial charge in [0.1, 0.15) is 0 Å². The van der Waals surface area contributed by atoms with E-state index in [4.69, 9.17) is 4.74 Å². The molecule has 0 bridgehead atoms. The van der Waals surface area contributed by atoms with Crippen molar-refractivity contribution in [3.63, 3.8) is 0 Å². The summed E-state index contributed by atoms with van der Waals surface area (Å²) in [5.74, 6) is 0.572. The average Bonchev–Trinajstić information content (AvgIpc) is 2.03. The first-order valence-electron chi connectivity index (χ1n) is 4.59. The highest BCUT2D eigenvalue weighted by atomic mass is 16.5. The number of rotatable bonds is 6. The maximum atomic E-state index is 5.64. The fourth-order valence-electron chi connectivity index (χ4n) is 0.964. The quantitative estimate of drug-likeness (QED) is 0.616. The van der Waals surface area contributed by atoms with E-state index >= 15 is 0 Å². The molecule has 72 valence electrons. The Morgan fingerprint density at radius 2 is 2.08 bits per heavy atom. The standard InChI is InChI=1S/C10H21NO/c1-5-6-7-12-10(8-11-4)9(2)3/h5-6,9-11H,7-8H2,1-4H3. The van der Waals surface area contributed by atoms with Gasteiger partial charge in [0.2, 0.25) is 0 Å². The minimum atomic E-state index is 0.325. The predicted octanol–water partition coefficient (Wildman–Crippen LogP) is 1.82. The van der Waals surface area contributed by atoms with E-state index in [0.717, 1.165) is 13.2 Å². The Kier molecular flexibility index (Phi) is 7.11. The van der Waals surface area contributed by atoms with Gasteiger partial charge in [-0.3, -0.25) is 0 Å². The summed E-state index contributed by atoms with van der Waals surface area (Å²) in [6.45, 7) is 8.01. The zero-order valence-electron chi connectivity index (χ0n) is 8.63. The van der Waals surface area contributed by atoms with Crippen molar-refractivity contribution in [3.05, 3.63) is 12.2 Å². The summed E-state index contributed by atoms with van der Waals surface area (Å²) < 4.78 is 5.64. The second-order valence-electron chi connectivity index (χ2n) is 3.24. The molecule has 12 heavy (non-hydrogen) atoms. The second kappa shape index (κ2) is 7.32. The third-order valence-corrected chi connectivity index (χ3v) is 1.79. The maximum absolute atomic E-state index is 5.64. The summed E-state index contributed by atoms with van der Waals surface area (Å²) in [4.78, 5) is 0. The van der Waals surface area contributed by atoms with Gasteiger partial charge in [-0.2, -0.15) is 0 Å². The number of nitrogens with one attached hydrogen (secondary N) is 1. The van der Waals surface area contributed by atoms with Gasteiger partial charge < -0.3 is 10.1 Å². The maximum Gasteiger partial charge on any atom is 0.0726 e. The molecule has 0 heterocycles. The molecule has 0 aromatic rings. The summed E-state index contributed by atoms with van der Waals surface area (Å²) >= 11 is 0. The van der Waals surface area contributed by atoms with E-state index in [9.17, 15) is 0 Å². The lowest BCUT2D eigenvalue weighted by atomic mass is 10.1. The molecule has 0 aliphatic heterocycles. The molecule has 1 atom stereocenters. The molecular weight excluding hydrogens is 150 g/mol. The highest BCUT2D eigenvalue weighted by molar-refractivity contribution is 4.77. The zero-order valence-corrected chi connectivity index (χ0v) is 8.63. The van der Waals surface area contributed by atoms with Gasteiger partial charge in [-0.25, -0.2) is 0 Å². The van der Waals surface area contributed by atoms with Gasteiger partial charge in [-0.15, -0.1) is 0 Å². The number of allylic oxidation sites excluding steroid dienone is 1. The van der Waals surface area contributed by atoms with Crippen LogP contribution < -0.4 is 5.32 Å². The minimum absolute atomic E-state index is 0.325. The summed E-state index contributed by atoms with van der Waals surface area (Å²) in [6.07, 6.45) is 4.37. The third kappa shape index (κ3) is 5.33. The Hall–Kier alpha value is -0.340. The van der Waals surface area contributed by atoms with E-state index in [-0.39, 0.29) is 0 Å². The van der Waals surface area contributed by atoms with Crippen LogP contribution in [0.15, 0.2) is 12.2 Å². The van der Waals surface area contributed by atoms with Gasteiger partial charge in [-0.05, 0) is 19.9 Å². The lowest BCUT2D eigenvalue weighted by Crippen LogP contribution is -2.31. The van der Waals surface area contributed by atoms with Crippen LogP contribution in [0.1, 0.15) is 20.8 Å². The normalized spacial score (nSPS) is 14.4. The zero-order chi connectivity index (χ0) is 9.40. The van der Waals surface area contributed by atoms with Crippen LogP contribution in [0.3, 0.4) is 0 Å². The molecule has 2 heteroatoms. The van der Waals surface area contributed by atoms with Crippen LogP contribution >= 0.6 is 0 Å². The Bertz CT molecular complexity index is 121. The highest BCUT2D eigenvalue weighted by Crippen LogP contribution is 2.05. The van der Waals surface area contributed by atoms with Gasteiger partial charge in [0.05, 0.1) is 12.7 Å². The molecule has 1 unspecified atom stereocenters. The average molecular weight is 171 g/mol. The van der Waals surface area contributed by atoms with Crippen LogP contribution in [-0.4, -0.2) is 26.3 Å². The molecule has 0 rings (SSSR count). The number of likely N-dealkylation sites (N-methyl/N-ethyl adjacent to an activating group) is 1. The van der Waals surface area contributed by atoms with Crippen LogP contribution in [0.5, 0.6) is 0 Å². The molecular formula is C10H21NO. The van der Waals surface area contributed by atoms with Crippen molar-refractivity contribution in [1.82, 2.24) is 5.32 Å². The number of hydrogen-bond acceptors (Lipinski definition) is 2. The van der Waals surface area contributed by atoms with E-state index in [1.54, 1.807) is 0 Å². The van der Waals surface area contributed by atoms with Gasteiger partial charge >= 0.3 is 0 Å². The van der Waals surface area contributed by atoms with Crippen molar-refractivity contribution >= 4 is 0 Å². The van der Waals surface area contributed by atoms with E-state index in [1.165, 1.54) is 0 Å². The smallest absolute Gasteiger partial charge is 0.0726 e. The van der Waals surface area contributed by atoms with Crippen LogP contribution in [0, 0.1) is 5.92 Å². The number of ether oxygens (including phenoxy) is 1. The highest BCUT2D eigenvalue weighted by Gasteiger charge is 2.11. The summed E-state index contributed by atoms with van der Waals surface area (Å²) in [6, 6.07) is 0. The van der Waals surface area contributed by atoms with Crippen molar-refractivity contribution in [1.29, 1.82) is 0 Å². The summed E-state index contributed by atoms with van der Waals surface area (Å²) in [7, 11) is 1.95. The molecule has 0 saturated carbocycles. The largest absolute Gasteiger partial charge is 0.373 e. The van der Waals surface area contributed by atoms with Crippen molar-refractivity contribution < 1.29 is 4.74 Å². The molecule has 1 N–H and O–H groups in total. The first kappa shape index (κ1) is 11.7. The SMILES string of the molecule is CC=CCOC(CNC)C(C)C. The van der Waals surface area contributed by atoms with Crippen LogP contribution in [0.25, 0.3) is 0 Å². The second-order valence-corrected chi connectivity index (χ2v) is 3.24. The lowest BCUT2D eigenvalue weighted by Gasteiger charge is -2.20. The molecule has 0 saturated heterocycles. The molecule has 0 aliphatic rings. The fraction of sp³-hybridized carbons (Fsp3) is 0.800. The van der Waals surface area contributed by atoms with E-state index in [2.05, 4.69) is 19.2 Å². The Balaban J connectivity index is 3.63. The summed E-state index contributed by atoms with van der Waals surface area (Å²) in [5.41, 5.74) is 0. The van der Waals surface area contributed by atoms with Gasteiger partial charge in [-0.1, -0.05) is 26.0 Å². The monoisotopic (exact) mass is 171 g/mol. The van der Waals surface area contributed by atoms with E-state index < -0.39 is 0 Å². The third-order valence-electron chi connectivity index (χ3n) is 1.79. The Morgan fingerprint density at radius 1 is 1.42 bits per heavy atom. The van der Waals surface area contributed by atoms with Crippen molar-refractivity contribution in [2.75, 3.05) is 20.2 Å². The molecule has 0 amide bonds. The van der Waals surface area contributed by atoms with Crippen molar-refractivity contribution in [2.24, 2.45) is 5.92 Å². The first-order chi connectivity index (χ1) is 5.72. The molecule has 0 spiro atoms. The number of hydrogen-bond donors (Lipinski definition) is 1. The van der Waals surface area contributed by atoms with Gasteiger partial charge in [0, 0.05) is 6.54 Å². The molecule has 0 aromatic heterocycles. The topological polar surface area (TPSA) is 21.3 Å². The molecule has 0 radical (unpaired) electrons. The van der Waals surface area contributed by atoms with Crippen molar-refractivity contribution in [2.45, 2.75) is 26.9 Å². The lowest BCUT2D eigenvalue weighted by molar-refractivity contribution is 0.0421. The van der Waals surface area contributed by atoms with Gasteiger partial charge in [0.15, 0.2) is 0 Å². The minimum Gasteiger partial charge on any atom is -0.373 e. The van der Waals surface area contributed by atoms with Crippen LogP contribution in [-0.2, 0) is 4.74 Å². The molecule has 0 aromatic carbocycles.